The smallest absolute Gasteiger partial charge is 0.321 e. The maximum atomic E-state index is 12.9. The Bertz CT molecular complexity index is 821. The fraction of sp³-hybridized carbons (Fsp3) is 0.391. The Kier molecular flexibility index (Phi) is 7.22. The van der Waals surface area contributed by atoms with Gasteiger partial charge in [0, 0.05) is 31.7 Å². The quantitative estimate of drug-likeness (QED) is 0.755. The van der Waals surface area contributed by atoms with Gasteiger partial charge in [-0.15, -0.1) is 0 Å². The van der Waals surface area contributed by atoms with Gasteiger partial charge in [-0.3, -0.25) is 4.79 Å². The summed E-state index contributed by atoms with van der Waals surface area (Å²) in [7, 11) is 0. The van der Waals surface area contributed by atoms with Crippen LogP contribution in [0.2, 0.25) is 0 Å². The number of anilines is 1. The van der Waals surface area contributed by atoms with Crippen LogP contribution in [0.4, 0.5) is 14.9 Å². The lowest BCUT2D eigenvalue weighted by Gasteiger charge is -2.32. The molecule has 1 aliphatic heterocycles. The highest BCUT2D eigenvalue weighted by Crippen LogP contribution is 2.22. The number of nitrogens with zero attached hydrogens (tertiary/aromatic N) is 1. The Morgan fingerprint density at radius 1 is 1.10 bits per heavy atom. The number of hydrogen-bond acceptors (Lipinski definition) is 2. The van der Waals surface area contributed by atoms with Gasteiger partial charge in [0.05, 0.1) is 0 Å². The summed E-state index contributed by atoms with van der Waals surface area (Å²) in [6.45, 7) is 3.82. The van der Waals surface area contributed by atoms with Crippen LogP contribution in [0.25, 0.3) is 0 Å². The number of carbonyl (C=O) groups is 2. The number of nitrogens with one attached hydrogen (secondary N) is 2. The van der Waals surface area contributed by atoms with Crippen molar-refractivity contribution in [2.75, 3.05) is 18.4 Å². The average Bonchev–Trinajstić information content (AvgIpc) is 2.73. The Labute approximate surface area is 171 Å². The van der Waals surface area contributed by atoms with Crippen molar-refractivity contribution in [1.29, 1.82) is 0 Å². The van der Waals surface area contributed by atoms with E-state index in [0.717, 1.165) is 42.6 Å². The largest absolute Gasteiger partial charge is 0.352 e. The van der Waals surface area contributed by atoms with Crippen molar-refractivity contribution < 1.29 is 14.0 Å². The predicted octanol–water partition coefficient (Wildman–Crippen LogP) is 4.47. The molecule has 0 radical (unpaired) electrons. The minimum atomic E-state index is -0.284. The van der Waals surface area contributed by atoms with Crippen LogP contribution < -0.4 is 10.6 Å². The van der Waals surface area contributed by atoms with Crippen LogP contribution in [0.1, 0.15) is 36.8 Å². The van der Waals surface area contributed by atoms with Gasteiger partial charge >= 0.3 is 6.03 Å². The van der Waals surface area contributed by atoms with E-state index in [1.807, 2.05) is 36.1 Å². The number of halogens is 1. The Hall–Kier alpha value is -2.89. The molecule has 0 aliphatic carbocycles. The molecule has 2 aromatic carbocycles. The van der Waals surface area contributed by atoms with E-state index in [4.69, 9.17) is 0 Å². The van der Waals surface area contributed by atoms with E-state index in [9.17, 15) is 14.0 Å². The minimum absolute atomic E-state index is 0.0180. The fourth-order valence-electron chi connectivity index (χ4n) is 3.55. The first-order valence-corrected chi connectivity index (χ1v) is 10.1. The molecule has 3 amide bonds. The lowest BCUT2D eigenvalue weighted by Crippen LogP contribution is -2.42. The maximum Gasteiger partial charge on any atom is 0.321 e. The summed E-state index contributed by atoms with van der Waals surface area (Å²) in [5.41, 5.74) is 2.82. The molecule has 0 spiro atoms. The standard InChI is InChI=1S/C23H28FN3O2/c1-17-4-11-21(12-5-17)26-23(29)27-14-2-3-19(16-27)8-13-22(28)25-15-18-6-9-20(24)10-7-18/h4-7,9-12,19H,2-3,8,13-16H2,1H3,(H,25,28)(H,26,29)/t19-/m0/s1. The minimum Gasteiger partial charge on any atom is -0.352 e. The summed E-state index contributed by atoms with van der Waals surface area (Å²) in [6, 6.07) is 13.8. The van der Waals surface area contributed by atoms with Crippen molar-refractivity contribution in [2.45, 2.75) is 39.2 Å². The van der Waals surface area contributed by atoms with Gasteiger partial charge in [0.15, 0.2) is 0 Å². The summed E-state index contributed by atoms with van der Waals surface area (Å²) >= 11 is 0. The Balaban J connectivity index is 1.40. The third-order valence-corrected chi connectivity index (χ3v) is 5.29. The third kappa shape index (κ3) is 6.59. The van der Waals surface area contributed by atoms with Crippen molar-refractivity contribution >= 4 is 17.6 Å². The molecule has 1 fully saturated rings. The molecule has 2 N–H and O–H groups in total. The molecule has 154 valence electrons. The first kappa shape index (κ1) is 20.8. The van der Waals surface area contributed by atoms with E-state index in [1.165, 1.54) is 12.1 Å². The average molecular weight is 397 g/mol. The van der Waals surface area contributed by atoms with Crippen LogP contribution in [0.5, 0.6) is 0 Å². The zero-order valence-electron chi connectivity index (χ0n) is 16.8. The second kappa shape index (κ2) is 10.0. The molecule has 0 unspecified atom stereocenters. The number of carbonyl (C=O) groups excluding carboxylic acids is 2. The molecule has 29 heavy (non-hydrogen) atoms. The normalized spacial score (nSPS) is 16.3. The highest BCUT2D eigenvalue weighted by Gasteiger charge is 2.24. The van der Waals surface area contributed by atoms with Crippen LogP contribution in [0.15, 0.2) is 48.5 Å². The van der Waals surface area contributed by atoms with E-state index in [2.05, 4.69) is 10.6 Å². The molecule has 6 heteroatoms. The van der Waals surface area contributed by atoms with E-state index < -0.39 is 0 Å². The number of benzene rings is 2. The fourth-order valence-corrected chi connectivity index (χ4v) is 3.55. The molecular weight excluding hydrogens is 369 g/mol. The summed E-state index contributed by atoms with van der Waals surface area (Å²) in [6.07, 6.45) is 3.16. The molecule has 1 heterocycles. The summed E-state index contributed by atoms with van der Waals surface area (Å²) < 4.78 is 12.9. The molecular formula is C23H28FN3O2. The highest BCUT2D eigenvalue weighted by molar-refractivity contribution is 5.89. The van der Waals surface area contributed by atoms with Crippen LogP contribution in [0, 0.1) is 18.7 Å². The van der Waals surface area contributed by atoms with Crippen LogP contribution in [-0.4, -0.2) is 29.9 Å². The van der Waals surface area contributed by atoms with Gasteiger partial charge in [-0.2, -0.15) is 0 Å². The number of amides is 3. The molecule has 1 saturated heterocycles. The molecule has 5 nitrogen and oxygen atoms in total. The van der Waals surface area contributed by atoms with Crippen molar-refractivity contribution in [3.8, 4) is 0 Å². The van der Waals surface area contributed by atoms with Crippen LogP contribution in [0.3, 0.4) is 0 Å². The maximum absolute atomic E-state index is 12.9. The first-order chi connectivity index (χ1) is 14.0. The monoisotopic (exact) mass is 397 g/mol. The lowest BCUT2D eigenvalue weighted by atomic mass is 9.93. The van der Waals surface area contributed by atoms with E-state index in [1.54, 1.807) is 12.1 Å². The zero-order valence-corrected chi connectivity index (χ0v) is 16.8. The molecule has 3 rings (SSSR count). The Morgan fingerprint density at radius 3 is 2.55 bits per heavy atom. The first-order valence-electron chi connectivity index (χ1n) is 10.1. The molecule has 2 aromatic rings. The number of aryl methyl sites for hydroxylation is 1. The molecule has 1 atom stereocenters. The van der Waals surface area contributed by atoms with E-state index in [0.29, 0.717) is 25.4 Å². The SMILES string of the molecule is Cc1ccc(NC(=O)N2CCC[C@@H](CCC(=O)NCc3ccc(F)cc3)C2)cc1. The van der Waals surface area contributed by atoms with Gasteiger partial charge in [-0.05, 0) is 61.9 Å². The van der Waals surface area contributed by atoms with Gasteiger partial charge in [0.25, 0.3) is 0 Å². The number of rotatable bonds is 6. The highest BCUT2D eigenvalue weighted by atomic mass is 19.1. The Morgan fingerprint density at radius 2 is 1.83 bits per heavy atom. The molecule has 0 saturated carbocycles. The van der Waals surface area contributed by atoms with Crippen LogP contribution >= 0.6 is 0 Å². The zero-order chi connectivity index (χ0) is 20.6. The van der Waals surface area contributed by atoms with Crippen molar-refractivity contribution in [3.63, 3.8) is 0 Å². The summed E-state index contributed by atoms with van der Waals surface area (Å²) in [5, 5.41) is 5.82. The third-order valence-electron chi connectivity index (χ3n) is 5.29. The second-order valence-corrected chi connectivity index (χ2v) is 7.69. The molecule has 0 bridgehead atoms. The number of piperidine rings is 1. The number of hydrogen-bond donors (Lipinski definition) is 2. The van der Waals surface area contributed by atoms with Crippen molar-refractivity contribution in [3.05, 3.63) is 65.5 Å². The molecule has 0 aromatic heterocycles. The number of urea groups is 1. The molecule has 1 aliphatic rings. The summed E-state index contributed by atoms with van der Waals surface area (Å²) in [4.78, 5) is 26.5. The van der Waals surface area contributed by atoms with Gasteiger partial charge in [-0.1, -0.05) is 29.8 Å². The predicted molar refractivity (Wildman–Crippen MR) is 112 cm³/mol. The van der Waals surface area contributed by atoms with Crippen molar-refractivity contribution in [1.82, 2.24) is 10.2 Å². The van der Waals surface area contributed by atoms with Gasteiger partial charge in [0.2, 0.25) is 5.91 Å². The van der Waals surface area contributed by atoms with Crippen LogP contribution in [-0.2, 0) is 11.3 Å². The van der Waals surface area contributed by atoms with E-state index in [-0.39, 0.29) is 17.8 Å². The van der Waals surface area contributed by atoms with Gasteiger partial charge < -0.3 is 15.5 Å². The topological polar surface area (TPSA) is 61.4 Å². The van der Waals surface area contributed by atoms with E-state index >= 15 is 0 Å². The van der Waals surface area contributed by atoms with Gasteiger partial charge in [-0.25, -0.2) is 9.18 Å². The summed E-state index contributed by atoms with van der Waals surface area (Å²) in [5.74, 6) is 0.0213. The van der Waals surface area contributed by atoms with Gasteiger partial charge in [0.1, 0.15) is 5.82 Å². The second-order valence-electron chi connectivity index (χ2n) is 7.69. The number of likely N-dealkylation sites (tertiary alicyclic amines) is 1. The van der Waals surface area contributed by atoms with Crippen molar-refractivity contribution in [2.24, 2.45) is 5.92 Å². The lowest BCUT2D eigenvalue weighted by molar-refractivity contribution is -0.121.